The second kappa shape index (κ2) is 10.3. The van der Waals surface area contributed by atoms with Gasteiger partial charge in [-0.3, -0.25) is 9.13 Å². The van der Waals surface area contributed by atoms with Gasteiger partial charge in [-0.15, -0.1) is 0 Å². The van der Waals surface area contributed by atoms with Crippen LogP contribution in [-0.2, 0) is 27.2 Å². The van der Waals surface area contributed by atoms with Crippen LogP contribution in [0.4, 0.5) is 5.82 Å². The molecule has 0 aliphatic carbocycles. The SMILES string of the molecule is CCOP(=O)(OCC)C(Nc1ncccc1O)P(=O)(OCC)OCC. The molecule has 0 unspecified atom stereocenters. The molecule has 25 heavy (non-hydrogen) atoms. The van der Waals surface area contributed by atoms with Crippen molar-refractivity contribution in [1.82, 2.24) is 4.98 Å². The molecular formula is C14H26N2O7P2. The number of hydrogen-bond donors (Lipinski definition) is 2. The Morgan fingerprint density at radius 2 is 1.44 bits per heavy atom. The van der Waals surface area contributed by atoms with Crippen molar-refractivity contribution in [2.24, 2.45) is 0 Å². The second-order valence-electron chi connectivity index (χ2n) is 4.64. The lowest BCUT2D eigenvalue weighted by atomic mass is 10.4. The lowest BCUT2D eigenvalue weighted by Gasteiger charge is -2.32. The number of aromatic hydroxyl groups is 1. The van der Waals surface area contributed by atoms with Crippen molar-refractivity contribution in [2.45, 2.75) is 33.2 Å². The van der Waals surface area contributed by atoms with Gasteiger partial charge in [-0.05, 0) is 39.8 Å². The highest BCUT2D eigenvalue weighted by Crippen LogP contribution is 2.70. The molecule has 0 amide bonds. The number of rotatable bonds is 12. The minimum Gasteiger partial charge on any atom is -0.504 e. The molecule has 0 aliphatic heterocycles. The zero-order valence-corrected chi connectivity index (χ0v) is 16.7. The summed E-state index contributed by atoms with van der Waals surface area (Å²) < 4.78 is 47.8. The van der Waals surface area contributed by atoms with E-state index in [-0.39, 0.29) is 38.0 Å². The first-order chi connectivity index (χ1) is 11.9. The van der Waals surface area contributed by atoms with E-state index in [0.717, 1.165) is 0 Å². The zero-order chi connectivity index (χ0) is 18.9. The van der Waals surface area contributed by atoms with Crippen LogP contribution in [0, 0.1) is 0 Å². The van der Waals surface area contributed by atoms with Crippen molar-refractivity contribution in [1.29, 1.82) is 0 Å². The normalized spacial score (nSPS) is 12.5. The van der Waals surface area contributed by atoms with Gasteiger partial charge in [0.05, 0.1) is 26.4 Å². The highest BCUT2D eigenvalue weighted by molar-refractivity contribution is 7.72. The van der Waals surface area contributed by atoms with Crippen molar-refractivity contribution in [2.75, 3.05) is 31.7 Å². The van der Waals surface area contributed by atoms with Gasteiger partial charge in [0.25, 0.3) is 0 Å². The molecular weight excluding hydrogens is 370 g/mol. The van der Waals surface area contributed by atoms with Gasteiger partial charge in [-0.2, -0.15) is 0 Å². The van der Waals surface area contributed by atoms with Gasteiger partial charge in [0.15, 0.2) is 11.6 Å². The molecule has 2 N–H and O–H groups in total. The van der Waals surface area contributed by atoms with E-state index < -0.39 is 20.7 Å². The smallest absolute Gasteiger partial charge is 0.365 e. The molecule has 9 nitrogen and oxygen atoms in total. The molecule has 0 radical (unpaired) electrons. The molecule has 0 spiro atoms. The maximum atomic E-state index is 13.3. The molecule has 0 saturated heterocycles. The van der Waals surface area contributed by atoms with Crippen LogP contribution in [0.15, 0.2) is 18.3 Å². The Kier molecular flexibility index (Phi) is 9.07. The number of pyridine rings is 1. The molecule has 1 heterocycles. The van der Waals surface area contributed by atoms with Crippen LogP contribution in [-0.4, -0.2) is 42.0 Å². The minimum atomic E-state index is -3.97. The summed E-state index contributed by atoms with van der Waals surface area (Å²) in [6.07, 6.45) is 1.41. The summed E-state index contributed by atoms with van der Waals surface area (Å²) in [7, 11) is -7.94. The Balaban J connectivity index is 3.40. The minimum absolute atomic E-state index is 0.0354. The maximum absolute atomic E-state index is 13.3. The van der Waals surface area contributed by atoms with Crippen LogP contribution in [0.5, 0.6) is 5.75 Å². The van der Waals surface area contributed by atoms with Gasteiger partial charge in [-0.25, -0.2) is 4.98 Å². The van der Waals surface area contributed by atoms with E-state index in [0.29, 0.717) is 0 Å². The molecule has 0 aromatic carbocycles. The van der Waals surface area contributed by atoms with Crippen LogP contribution in [0.3, 0.4) is 0 Å². The predicted octanol–water partition coefficient (Wildman–Crippen LogP) is 4.01. The first-order valence-electron chi connectivity index (χ1n) is 8.04. The van der Waals surface area contributed by atoms with E-state index >= 15 is 0 Å². The van der Waals surface area contributed by atoms with Crippen molar-refractivity contribution < 1.29 is 32.3 Å². The standard InChI is InChI=1S/C14H26N2O7P2/c1-5-20-24(18,21-6-2)14(25(19,22-7-3)23-8-4)16-13-12(17)10-9-11-15-13/h9-11,14,17H,5-8H2,1-4H3,(H,15,16). The van der Waals surface area contributed by atoms with Crippen molar-refractivity contribution >= 4 is 21.0 Å². The topological polar surface area (TPSA) is 116 Å². The number of nitrogens with zero attached hydrogens (tertiary/aromatic N) is 1. The fourth-order valence-corrected chi connectivity index (χ4v) is 6.94. The average Bonchev–Trinajstić information content (AvgIpc) is 2.54. The highest BCUT2D eigenvalue weighted by Gasteiger charge is 2.51. The predicted molar refractivity (Wildman–Crippen MR) is 95.0 cm³/mol. The highest BCUT2D eigenvalue weighted by atomic mass is 31.2. The molecule has 1 rings (SSSR count). The van der Waals surface area contributed by atoms with Crippen LogP contribution >= 0.6 is 15.2 Å². The Hall–Kier alpha value is -0.950. The van der Waals surface area contributed by atoms with Gasteiger partial charge in [-0.1, -0.05) is 0 Å². The van der Waals surface area contributed by atoms with E-state index in [2.05, 4.69) is 10.3 Å². The Bertz CT molecular complexity index is 579. The molecule has 0 bridgehead atoms. The molecule has 0 aliphatic rings. The summed E-state index contributed by atoms with van der Waals surface area (Å²) in [5.74, 6) is -0.252. The molecule has 1 aromatic rings. The van der Waals surface area contributed by atoms with Crippen LogP contribution in [0.1, 0.15) is 27.7 Å². The first kappa shape index (κ1) is 22.1. The molecule has 0 fully saturated rings. The summed E-state index contributed by atoms with van der Waals surface area (Å²) in [5.41, 5.74) is -1.49. The lowest BCUT2D eigenvalue weighted by Crippen LogP contribution is -2.26. The summed E-state index contributed by atoms with van der Waals surface area (Å²) in [6, 6.07) is 2.90. The molecule has 0 saturated carbocycles. The quantitative estimate of drug-likeness (QED) is 0.505. The fraction of sp³-hybridized carbons (Fsp3) is 0.643. The van der Waals surface area contributed by atoms with Gasteiger partial charge in [0.1, 0.15) is 0 Å². The maximum Gasteiger partial charge on any atom is 0.365 e. The fourth-order valence-electron chi connectivity index (χ4n) is 2.04. The van der Waals surface area contributed by atoms with Gasteiger partial charge in [0.2, 0.25) is 5.52 Å². The van der Waals surface area contributed by atoms with Crippen LogP contribution in [0.2, 0.25) is 0 Å². The Morgan fingerprint density at radius 3 is 1.80 bits per heavy atom. The van der Waals surface area contributed by atoms with Gasteiger partial charge >= 0.3 is 15.2 Å². The summed E-state index contributed by atoms with van der Waals surface area (Å²) >= 11 is 0. The van der Waals surface area contributed by atoms with Crippen molar-refractivity contribution in [3.63, 3.8) is 0 Å². The lowest BCUT2D eigenvalue weighted by molar-refractivity contribution is 0.198. The van der Waals surface area contributed by atoms with E-state index in [1.54, 1.807) is 27.7 Å². The van der Waals surface area contributed by atoms with Crippen LogP contribution in [0.25, 0.3) is 0 Å². The molecule has 1 aromatic heterocycles. The summed E-state index contributed by atoms with van der Waals surface area (Å²) in [5, 5.41) is 12.6. The van der Waals surface area contributed by atoms with Crippen molar-refractivity contribution in [3.05, 3.63) is 18.3 Å². The van der Waals surface area contributed by atoms with Crippen molar-refractivity contribution in [3.8, 4) is 5.75 Å². The second-order valence-corrected chi connectivity index (χ2v) is 9.27. The third-order valence-corrected chi connectivity index (χ3v) is 8.51. The van der Waals surface area contributed by atoms with E-state index in [1.807, 2.05) is 0 Å². The summed E-state index contributed by atoms with van der Waals surface area (Å²) in [4.78, 5) is 3.96. The van der Waals surface area contributed by atoms with E-state index in [9.17, 15) is 14.2 Å². The summed E-state index contributed by atoms with van der Waals surface area (Å²) in [6.45, 7) is 6.76. The third kappa shape index (κ3) is 5.78. The number of anilines is 1. The first-order valence-corrected chi connectivity index (χ1v) is 11.3. The molecule has 144 valence electrons. The number of aromatic nitrogens is 1. The Labute approximate surface area is 148 Å². The van der Waals surface area contributed by atoms with E-state index in [4.69, 9.17) is 18.1 Å². The average molecular weight is 396 g/mol. The number of nitrogens with one attached hydrogen (secondary N) is 1. The molecule has 11 heteroatoms. The van der Waals surface area contributed by atoms with E-state index in [1.165, 1.54) is 18.3 Å². The Morgan fingerprint density at radius 1 is 1.00 bits per heavy atom. The molecule has 0 atom stereocenters. The zero-order valence-electron chi connectivity index (χ0n) is 14.9. The van der Waals surface area contributed by atoms with Gasteiger partial charge in [0, 0.05) is 6.20 Å². The monoisotopic (exact) mass is 396 g/mol. The number of hydrogen-bond acceptors (Lipinski definition) is 9. The van der Waals surface area contributed by atoms with Crippen LogP contribution < -0.4 is 5.32 Å². The third-order valence-electron chi connectivity index (χ3n) is 2.89. The van der Waals surface area contributed by atoms with Gasteiger partial charge < -0.3 is 28.5 Å². The largest absolute Gasteiger partial charge is 0.504 e.